The Bertz CT molecular complexity index is 545. The number of sulfonamides is 1. The van der Waals surface area contributed by atoms with E-state index in [1.54, 1.807) is 12.1 Å². The van der Waals surface area contributed by atoms with Crippen LogP contribution in [0.15, 0.2) is 27.6 Å². The molecule has 0 aliphatic rings. The molecule has 1 aromatic carbocycles. The van der Waals surface area contributed by atoms with E-state index in [0.29, 0.717) is 10.0 Å². The van der Waals surface area contributed by atoms with Crippen molar-refractivity contribution in [1.82, 2.24) is 4.72 Å². The Labute approximate surface area is 129 Å². The van der Waals surface area contributed by atoms with Gasteiger partial charge in [-0.3, -0.25) is 0 Å². The number of aliphatic hydroxyl groups is 1. The van der Waals surface area contributed by atoms with Crippen LogP contribution >= 0.6 is 15.9 Å². The predicted octanol–water partition coefficient (Wildman–Crippen LogP) is 3.19. The van der Waals surface area contributed by atoms with Gasteiger partial charge >= 0.3 is 0 Å². The van der Waals surface area contributed by atoms with Crippen LogP contribution in [0.4, 0.5) is 0 Å². The van der Waals surface area contributed by atoms with E-state index in [1.807, 2.05) is 20.8 Å². The van der Waals surface area contributed by atoms with Gasteiger partial charge in [0.15, 0.2) is 0 Å². The van der Waals surface area contributed by atoms with Crippen molar-refractivity contribution in [1.29, 1.82) is 0 Å². The fraction of sp³-hybridized carbons (Fsp3) is 0.571. The molecule has 0 heterocycles. The third kappa shape index (κ3) is 3.81. The lowest BCUT2D eigenvalue weighted by Crippen LogP contribution is -2.47. The topological polar surface area (TPSA) is 66.4 Å². The van der Waals surface area contributed by atoms with Crippen LogP contribution in [-0.2, 0) is 16.6 Å². The molecule has 1 aromatic rings. The van der Waals surface area contributed by atoms with Crippen molar-refractivity contribution < 1.29 is 13.5 Å². The molecule has 1 rings (SSSR count). The Hall–Kier alpha value is -0.430. The molecule has 114 valence electrons. The van der Waals surface area contributed by atoms with E-state index < -0.39 is 15.6 Å². The SMILES string of the molecule is CCC(CC)(CC)NS(=O)(=O)c1cc(CO)ccc1Br. The van der Waals surface area contributed by atoms with Gasteiger partial charge in [0.2, 0.25) is 10.0 Å². The van der Waals surface area contributed by atoms with E-state index in [0.717, 1.165) is 19.3 Å². The number of nitrogens with one attached hydrogen (secondary N) is 1. The van der Waals surface area contributed by atoms with Crippen LogP contribution in [0.25, 0.3) is 0 Å². The van der Waals surface area contributed by atoms with Crippen LogP contribution in [0.2, 0.25) is 0 Å². The Morgan fingerprint density at radius 2 is 1.75 bits per heavy atom. The molecule has 2 N–H and O–H groups in total. The van der Waals surface area contributed by atoms with Gasteiger partial charge in [0.05, 0.1) is 11.5 Å². The number of halogens is 1. The highest BCUT2D eigenvalue weighted by molar-refractivity contribution is 9.10. The van der Waals surface area contributed by atoms with Gasteiger partial charge in [-0.05, 0) is 52.9 Å². The van der Waals surface area contributed by atoms with Crippen molar-refractivity contribution in [3.63, 3.8) is 0 Å². The second kappa shape index (κ2) is 7.02. The summed E-state index contributed by atoms with van der Waals surface area (Å²) in [5, 5.41) is 9.16. The Morgan fingerprint density at radius 1 is 1.20 bits per heavy atom. The van der Waals surface area contributed by atoms with Crippen molar-refractivity contribution in [3.05, 3.63) is 28.2 Å². The lowest BCUT2D eigenvalue weighted by atomic mass is 9.91. The molecule has 20 heavy (non-hydrogen) atoms. The highest BCUT2D eigenvalue weighted by Crippen LogP contribution is 2.27. The third-order valence-electron chi connectivity index (χ3n) is 3.85. The van der Waals surface area contributed by atoms with Gasteiger partial charge in [-0.15, -0.1) is 0 Å². The summed E-state index contributed by atoms with van der Waals surface area (Å²) < 4.78 is 28.5. The first-order valence-corrected chi connectivity index (χ1v) is 9.05. The van der Waals surface area contributed by atoms with Crippen LogP contribution in [0.3, 0.4) is 0 Å². The Balaban J connectivity index is 3.23. The monoisotopic (exact) mass is 363 g/mol. The first-order valence-electron chi connectivity index (χ1n) is 6.77. The molecule has 0 aliphatic carbocycles. The summed E-state index contributed by atoms with van der Waals surface area (Å²) in [6.45, 7) is 5.76. The third-order valence-corrected chi connectivity index (χ3v) is 6.42. The van der Waals surface area contributed by atoms with Crippen LogP contribution < -0.4 is 4.72 Å². The summed E-state index contributed by atoms with van der Waals surface area (Å²) in [4.78, 5) is 0.170. The maximum atomic E-state index is 12.6. The quantitative estimate of drug-likeness (QED) is 0.781. The smallest absolute Gasteiger partial charge is 0.242 e. The molecule has 0 amide bonds. The zero-order valence-electron chi connectivity index (χ0n) is 12.1. The lowest BCUT2D eigenvalue weighted by Gasteiger charge is -2.31. The largest absolute Gasteiger partial charge is 0.392 e. The molecule has 0 atom stereocenters. The summed E-state index contributed by atoms with van der Waals surface area (Å²) in [6.07, 6.45) is 2.20. The molecule has 0 unspecified atom stereocenters. The van der Waals surface area contributed by atoms with Crippen molar-refractivity contribution in [2.24, 2.45) is 0 Å². The van der Waals surface area contributed by atoms with Gasteiger partial charge in [-0.25, -0.2) is 13.1 Å². The van der Waals surface area contributed by atoms with Gasteiger partial charge in [-0.1, -0.05) is 26.8 Å². The summed E-state index contributed by atoms with van der Waals surface area (Å²) in [6, 6.07) is 4.83. The van der Waals surface area contributed by atoms with Gasteiger partial charge in [0, 0.05) is 10.0 Å². The summed E-state index contributed by atoms with van der Waals surface area (Å²) in [5.74, 6) is 0. The summed E-state index contributed by atoms with van der Waals surface area (Å²) in [7, 11) is -3.63. The zero-order valence-corrected chi connectivity index (χ0v) is 14.5. The number of aliphatic hydroxyl groups excluding tert-OH is 1. The van der Waals surface area contributed by atoms with Crippen molar-refractivity contribution in [3.8, 4) is 0 Å². The number of benzene rings is 1. The molecule has 4 nitrogen and oxygen atoms in total. The van der Waals surface area contributed by atoms with Crippen molar-refractivity contribution in [2.75, 3.05) is 0 Å². The summed E-state index contributed by atoms with van der Waals surface area (Å²) in [5.41, 5.74) is 0.150. The maximum absolute atomic E-state index is 12.6. The predicted molar refractivity (Wildman–Crippen MR) is 84.0 cm³/mol. The van der Waals surface area contributed by atoms with Gasteiger partial charge in [-0.2, -0.15) is 0 Å². The van der Waals surface area contributed by atoms with Crippen LogP contribution in [0.1, 0.15) is 45.6 Å². The molecule has 0 spiro atoms. The maximum Gasteiger partial charge on any atom is 0.242 e. The van der Waals surface area contributed by atoms with Crippen molar-refractivity contribution in [2.45, 2.75) is 57.1 Å². The molecule has 6 heteroatoms. The van der Waals surface area contributed by atoms with Gasteiger partial charge in [0.1, 0.15) is 0 Å². The minimum absolute atomic E-state index is 0.170. The lowest BCUT2D eigenvalue weighted by molar-refractivity contribution is 0.281. The van der Waals surface area contributed by atoms with E-state index >= 15 is 0 Å². The fourth-order valence-electron chi connectivity index (χ4n) is 2.16. The van der Waals surface area contributed by atoms with Crippen LogP contribution in [-0.4, -0.2) is 19.1 Å². The molecule has 0 aromatic heterocycles. The van der Waals surface area contributed by atoms with E-state index in [1.165, 1.54) is 6.07 Å². The van der Waals surface area contributed by atoms with Gasteiger partial charge in [0.25, 0.3) is 0 Å². The molecule has 0 fully saturated rings. The second-order valence-corrected chi connectivity index (χ2v) is 7.37. The Morgan fingerprint density at radius 3 is 2.20 bits per heavy atom. The minimum atomic E-state index is -3.63. The fourth-order valence-corrected chi connectivity index (χ4v) is 4.79. The van der Waals surface area contributed by atoms with E-state index in [9.17, 15) is 8.42 Å². The first kappa shape index (κ1) is 17.6. The average molecular weight is 364 g/mol. The number of hydrogen-bond acceptors (Lipinski definition) is 3. The highest BCUT2D eigenvalue weighted by Gasteiger charge is 2.31. The molecule has 0 bridgehead atoms. The molecule has 0 saturated heterocycles. The van der Waals surface area contributed by atoms with Crippen LogP contribution in [0, 0.1) is 0 Å². The summed E-state index contributed by atoms with van der Waals surface area (Å²) >= 11 is 3.27. The Kier molecular flexibility index (Phi) is 6.19. The molecular formula is C14H22BrNO3S. The first-order chi connectivity index (χ1) is 9.34. The van der Waals surface area contributed by atoms with Crippen molar-refractivity contribution >= 4 is 26.0 Å². The standard InChI is InChI=1S/C14H22BrNO3S/c1-4-14(5-2,6-3)16-20(18,19)13-9-11(10-17)7-8-12(13)15/h7-9,16-17H,4-6,10H2,1-3H3. The normalized spacial score (nSPS) is 12.7. The second-order valence-electron chi connectivity index (χ2n) is 4.87. The van der Waals surface area contributed by atoms with Crippen LogP contribution in [0.5, 0.6) is 0 Å². The number of hydrogen-bond donors (Lipinski definition) is 2. The zero-order chi connectivity index (χ0) is 15.4. The highest BCUT2D eigenvalue weighted by atomic mass is 79.9. The van der Waals surface area contributed by atoms with E-state index in [2.05, 4.69) is 20.7 Å². The number of rotatable bonds is 7. The van der Waals surface area contributed by atoms with Gasteiger partial charge < -0.3 is 5.11 Å². The van der Waals surface area contributed by atoms with E-state index in [4.69, 9.17) is 5.11 Å². The average Bonchev–Trinajstić information content (AvgIpc) is 2.45. The van der Waals surface area contributed by atoms with E-state index in [-0.39, 0.29) is 11.5 Å². The molecule has 0 radical (unpaired) electrons. The molecule has 0 saturated carbocycles. The molecular weight excluding hydrogens is 342 g/mol. The molecule has 0 aliphatic heterocycles. The minimum Gasteiger partial charge on any atom is -0.392 e.